The first-order valence-electron chi connectivity index (χ1n) is 6.29. The normalized spacial score (nSPS) is 23.5. The smallest absolute Gasteiger partial charge is 0.308 e. The molecule has 19 heavy (non-hydrogen) atoms. The fourth-order valence-corrected chi connectivity index (χ4v) is 2.58. The summed E-state index contributed by atoms with van der Waals surface area (Å²) in [4.78, 5) is 13.1. The van der Waals surface area contributed by atoms with Crippen molar-refractivity contribution in [2.75, 3.05) is 20.2 Å². The minimum atomic E-state index is -0.754. The summed E-state index contributed by atoms with van der Waals surface area (Å²) in [5.74, 6) is -1.12. The number of ether oxygens (including phenoxy) is 1. The van der Waals surface area contributed by atoms with Crippen molar-refractivity contribution < 1.29 is 19.0 Å². The molecule has 1 heterocycles. The molecule has 2 rings (SSSR count). The molecule has 4 nitrogen and oxygen atoms in total. The molecule has 1 aliphatic heterocycles. The van der Waals surface area contributed by atoms with Gasteiger partial charge in [0.05, 0.1) is 13.0 Å². The molecule has 1 saturated heterocycles. The lowest BCUT2D eigenvalue weighted by atomic mass is 9.99. The number of carboxylic acid groups (broad SMARTS) is 1. The van der Waals surface area contributed by atoms with E-state index in [0.29, 0.717) is 13.1 Å². The Kier molecular flexibility index (Phi) is 4.04. The lowest BCUT2D eigenvalue weighted by Crippen LogP contribution is -2.23. The summed E-state index contributed by atoms with van der Waals surface area (Å²) in [5, 5.41) is 9.08. The topological polar surface area (TPSA) is 49.8 Å². The molecule has 0 amide bonds. The van der Waals surface area contributed by atoms with Crippen LogP contribution in [-0.2, 0) is 11.3 Å². The molecule has 2 atom stereocenters. The van der Waals surface area contributed by atoms with Gasteiger partial charge in [0.25, 0.3) is 0 Å². The van der Waals surface area contributed by atoms with Crippen LogP contribution in [0.25, 0.3) is 0 Å². The van der Waals surface area contributed by atoms with Crippen LogP contribution in [-0.4, -0.2) is 36.2 Å². The van der Waals surface area contributed by atoms with Gasteiger partial charge in [-0.05, 0) is 23.6 Å². The van der Waals surface area contributed by atoms with Gasteiger partial charge in [-0.3, -0.25) is 9.69 Å². The molecule has 1 N–H and O–H groups in total. The van der Waals surface area contributed by atoms with Gasteiger partial charge in [-0.2, -0.15) is 0 Å². The van der Waals surface area contributed by atoms with Gasteiger partial charge in [-0.15, -0.1) is 0 Å². The van der Waals surface area contributed by atoms with E-state index in [0.717, 1.165) is 12.1 Å². The third kappa shape index (κ3) is 3.04. The van der Waals surface area contributed by atoms with Gasteiger partial charge < -0.3 is 9.84 Å². The number of carboxylic acids is 1. The number of carbonyl (C=O) groups is 1. The Hall–Kier alpha value is -1.62. The Labute approximate surface area is 111 Å². The molecule has 0 bridgehead atoms. The highest BCUT2D eigenvalue weighted by Gasteiger charge is 2.34. The molecule has 0 spiro atoms. The van der Waals surface area contributed by atoms with Crippen molar-refractivity contribution in [2.24, 2.45) is 11.8 Å². The molecule has 1 aromatic carbocycles. The lowest BCUT2D eigenvalue weighted by Gasteiger charge is -2.15. The summed E-state index contributed by atoms with van der Waals surface area (Å²) in [5.41, 5.74) is 0.830. The molecule has 2 unspecified atom stereocenters. The van der Waals surface area contributed by atoms with Crippen molar-refractivity contribution in [2.45, 2.75) is 13.5 Å². The largest absolute Gasteiger partial charge is 0.494 e. The molecule has 5 heteroatoms. The molecule has 0 radical (unpaired) electrons. The molecule has 0 aromatic heterocycles. The Balaban J connectivity index is 2.03. The Morgan fingerprint density at radius 1 is 1.53 bits per heavy atom. The maximum Gasteiger partial charge on any atom is 0.308 e. The number of benzene rings is 1. The summed E-state index contributed by atoms with van der Waals surface area (Å²) >= 11 is 0. The van der Waals surface area contributed by atoms with Gasteiger partial charge in [0.2, 0.25) is 0 Å². The molecule has 1 aliphatic rings. The summed E-state index contributed by atoms with van der Waals surface area (Å²) in [6.07, 6.45) is 0. The predicted molar refractivity (Wildman–Crippen MR) is 68.5 cm³/mol. The number of nitrogens with zero attached hydrogens (tertiary/aromatic N) is 1. The zero-order valence-electron chi connectivity index (χ0n) is 11.1. The van der Waals surface area contributed by atoms with E-state index in [4.69, 9.17) is 9.84 Å². The number of methoxy groups -OCH3 is 1. The van der Waals surface area contributed by atoms with Crippen LogP contribution in [0.15, 0.2) is 18.2 Å². The second-order valence-electron chi connectivity index (χ2n) is 5.08. The summed E-state index contributed by atoms with van der Waals surface area (Å²) in [6.45, 7) is 3.75. The average molecular weight is 267 g/mol. The summed E-state index contributed by atoms with van der Waals surface area (Å²) < 4.78 is 18.4. The van der Waals surface area contributed by atoms with E-state index in [1.165, 1.54) is 13.2 Å². The van der Waals surface area contributed by atoms with E-state index in [-0.39, 0.29) is 23.4 Å². The van der Waals surface area contributed by atoms with E-state index in [1.807, 2.05) is 11.8 Å². The first kappa shape index (κ1) is 13.8. The van der Waals surface area contributed by atoms with E-state index >= 15 is 0 Å². The molecule has 0 aliphatic carbocycles. The number of hydrogen-bond donors (Lipinski definition) is 1. The van der Waals surface area contributed by atoms with E-state index in [9.17, 15) is 9.18 Å². The lowest BCUT2D eigenvalue weighted by molar-refractivity contribution is -0.142. The molecular formula is C14H18FNO3. The maximum atomic E-state index is 13.6. The van der Waals surface area contributed by atoms with Crippen molar-refractivity contribution in [3.63, 3.8) is 0 Å². The molecule has 0 saturated carbocycles. The highest BCUT2D eigenvalue weighted by Crippen LogP contribution is 2.25. The minimum Gasteiger partial charge on any atom is -0.494 e. The standard InChI is InChI=1S/C14H18FNO3/c1-9-6-16(8-11(9)14(17)18)7-10-3-4-13(19-2)12(15)5-10/h3-5,9,11H,6-8H2,1-2H3,(H,17,18). The molecular weight excluding hydrogens is 249 g/mol. The van der Waals surface area contributed by atoms with Gasteiger partial charge in [0.15, 0.2) is 11.6 Å². The molecule has 104 valence electrons. The fraction of sp³-hybridized carbons (Fsp3) is 0.500. The van der Waals surface area contributed by atoms with Gasteiger partial charge >= 0.3 is 5.97 Å². The first-order chi connectivity index (χ1) is 9.01. The number of halogens is 1. The van der Waals surface area contributed by atoms with Crippen LogP contribution in [0, 0.1) is 17.7 Å². The zero-order chi connectivity index (χ0) is 14.0. The van der Waals surface area contributed by atoms with Crippen molar-refractivity contribution in [1.82, 2.24) is 4.90 Å². The van der Waals surface area contributed by atoms with Crippen molar-refractivity contribution in [3.8, 4) is 5.75 Å². The first-order valence-corrected chi connectivity index (χ1v) is 6.29. The maximum absolute atomic E-state index is 13.6. The van der Waals surface area contributed by atoms with Crippen LogP contribution >= 0.6 is 0 Å². The van der Waals surface area contributed by atoms with Crippen LogP contribution in [0.1, 0.15) is 12.5 Å². The highest BCUT2D eigenvalue weighted by atomic mass is 19.1. The third-order valence-electron chi connectivity index (χ3n) is 3.63. The second kappa shape index (κ2) is 5.57. The Bertz CT molecular complexity index is 478. The number of rotatable bonds is 4. The monoisotopic (exact) mass is 267 g/mol. The van der Waals surface area contributed by atoms with E-state index < -0.39 is 5.97 Å². The number of hydrogen-bond acceptors (Lipinski definition) is 3. The van der Waals surface area contributed by atoms with Gasteiger partial charge in [-0.1, -0.05) is 13.0 Å². The average Bonchev–Trinajstić information content (AvgIpc) is 2.70. The predicted octanol–water partition coefficient (Wildman–Crippen LogP) is 1.99. The Morgan fingerprint density at radius 3 is 2.79 bits per heavy atom. The van der Waals surface area contributed by atoms with Crippen LogP contribution in [0.4, 0.5) is 4.39 Å². The number of likely N-dealkylation sites (tertiary alicyclic amines) is 1. The second-order valence-corrected chi connectivity index (χ2v) is 5.08. The summed E-state index contributed by atoms with van der Waals surface area (Å²) in [7, 11) is 1.43. The van der Waals surface area contributed by atoms with Crippen LogP contribution in [0.5, 0.6) is 5.75 Å². The van der Waals surface area contributed by atoms with E-state index in [2.05, 4.69) is 0 Å². The minimum absolute atomic E-state index is 0.126. The highest BCUT2D eigenvalue weighted by molar-refractivity contribution is 5.71. The Morgan fingerprint density at radius 2 is 2.26 bits per heavy atom. The fourth-order valence-electron chi connectivity index (χ4n) is 2.58. The van der Waals surface area contributed by atoms with Crippen molar-refractivity contribution in [1.29, 1.82) is 0 Å². The number of aliphatic carboxylic acids is 1. The van der Waals surface area contributed by atoms with Crippen LogP contribution in [0.2, 0.25) is 0 Å². The zero-order valence-corrected chi connectivity index (χ0v) is 11.1. The van der Waals surface area contributed by atoms with Crippen LogP contribution in [0.3, 0.4) is 0 Å². The quantitative estimate of drug-likeness (QED) is 0.906. The van der Waals surface area contributed by atoms with Crippen molar-refractivity contribution in [3.05, 3.63) is 29.6 Å². The SMILES string of the molecule is COc1ccc(CN2CC(C)C(C(=O)O)C2)cc1F. The van der Waals surface area contributed by atoms with Gasteiger partial charge in [0.1, 0.15) is 0 Å². The van der Waals surface area contributed by atoms with Gasteiger partial charge in [0, 0.05) is 19.6 Å². The van der Waals surface area contributed by atoms with Gasteiger partial charge in [-0.25, -0.2) is 4.39 Å². The van der Waals surface area contributed by atoms with Crippen molar-refractivity contribution >= 4 is 5.97 Å². The molecule has 1 aromatic rings. The van der Waals surface area contributed by atoms with E-state index in [1.54, 1.807) is 12.1 Å². The third-order valence-corrected chi connectivity index (χ3v) is 3.63. The summed E-state index contributed by atoms with van der Waals surface area (Å²) in [6, 6.07) is 4.84. The van der Waals surface area contributed by atoms with Crippen LogP contribution < -0.4 is 4.74 Å². The molecule has 1 fully saturated rings.